The first-order valence-corrected chi connectivity index (χ1v) is 9.08. The number of hydrogen-bond acceptors (Lipinski definition) is 5. The van der Waals surface area contributed by atoms with Crippen LogP contribution >= 0.6 is 0 Å². The molecule has 2 heterocycles. The van der Waals surface area contributed by atoms with Gasteiger partial charge in [-0.25, -0.2) is 4.98 Å². The first-order chi connectivity index (χ1) is 12.8. The molecule has 1 aromatic heterocycles. The maximum Gasteiger partial charge on any atom is 0.271 e. The zero-order valence-corrected chi connectivity index (χ0v) is 16.7. The molecule has 1 aliphatic heterocycles. The van der Waals surface area contributed by atoms with Crippen LogP contribution < -0.4 is 10.6 Å². The predicted molar refractivity (Wildman–Crippen MR) is 103 cm³/mol. The summed E-state index contributed by atoms with van der Waals surface area (Å²) < 4.78 is 0. The highest BCUT2D eigenvalue weighted by molar-refractivity contribution is 5.92. The summed E-state index contributed by atoms with van der Waals surface area (Å²) in [4.78, 5) is 40.5. The highest BCUT2D eigenvalue weighted by Gasteiger charge is 2.40. The number of carbonyl (C=O) groups is 2. The third-order valence-electron chi connectivity index (χ3n) is 4.34. The molecule has 1 fully saturated rings. The van der Waals surface area contributed by atoms with E-state index < -0.39 is 0 Å². The van der Waals surface area contributed by atoms with Gasteiger partial charge < -0.3 is 20.4 Å². The largest absolute Gasteiger partial charge is 0.354 e. The summed E-state index contributed by atoms with van der Waals surface area (Å²) in [6.07, 6.45) is 4.41. The van der Waals surface area contributed by atoms with Crippen LogP contribution in [0.4, 0.5) is 0 Å². The SMILES string of the molecule is CN=C(NCCNC(=O)c1cnccn1)N1CC(=O)N(C(C)C)C(C)(C)C1. The molecular weight excluding hydrogens is 346 g/mol. The molecule has 0 unspecified atom stereocenters. The summed E-state index contributed by atoms with van der Waals surface area (Å²) in [5.41, 5.74) is -0.0135. The summed E-state index contributed by atoms with van der Waals surface area (Å²) in [6, 6.07) is 0.154. The number of nitrogens with zero attached hydrogens (tertiary/aromatic N) is 5. The van der Waals surface area contributed by atoms with Crippen molar-refractivity contribution >= 4 is 17.8 Å². The van der Waals surface area contributed by atoms with E-state index in [1.54, 1.807) is 7.05 Å². The molecule has 0 aromatic carbocycles. The van der Waals surface area contributed by atoms with Gasteiger partial charge in [0.1, 0.15) is 5.69 Å². The van der Waals surface area contributed by atoms with Crippen LogP contribution in [0.2, 0.25) is 0 Å². The molecule has 27 heavy (non-hydrogen) atoms. The monoisotopic (exact) mass is 375 g/mol. The van der Waals surface area contributed by atoms with Crippen molar-refractivity contribution in [2.45, 2.75) is 39.3 Å². The van der Waals surface area contributed by atoms with Gasteiger partial charge in [-0.05, 0) is 27.7 Å². The van der Waals surface area contributed by atoms with Crippen molar-refractivity contribution in [3.8, 4) is 0 Å². The number of aromatic nitrogens is 2. The Hall–Kier alpha value is -2.71. The van der Waals surface area contributed by atoms with E-state index in [0.717, 1.165) is 0 Å². The normalized spacial score (nSPS) is 17.3. The van der Waals surface area contributed by atoms with E-state index in [4.69, 9.17) is 0 Å². The lowest BCUT2D eigenvalue weighted by Gasteiger charge is -2.49. The number of amides is 2. The summed E-state index contributed by atoms with van der Waals surface area (Å²) in [5.74, 6) is 0.454. The van der Waals surface area contributed by atoms with Gasteiger partial charge in [0.05, 0.1) is 18.3 Å². The van der Waals surface area contributed by atoms with E-state index in [0.29, 0.717) is 25.6 Å². The van der Waals surface area contributed by atoms with Gasteiger partial charge in [-0.15, -0.1) is 0 Å². The summed E-state index contributed by atoms with van der Waals surface area (Å²) in [7, 11) is 1.69. The van der Waals surface area contributed by atoms with Crippen LogP contribution in [-0.4, -0.2) is 82.3 Å². The van der Waals surface area contributed by atoms with Crippen molar-refractivity contribution in [3.63, 3.8) is 0 Å². The van der Waals surface area contributed by atoms with Gasteiger partial charge in [-0.1, -0.05) is 0 Å². The Labute approximate surface area is 160 Å². The number of hydrogen-bond donors (Lipinski definition) is 2. The smallest absolute Gasteiger partial charge is 0.271 e. The molecule has 9 heteroatoms. The zero-order chi connectivity index (χ0) is 20.0. The molecule has 0 radical (unpaired) electrons. The Bertz CT molecular complexity index is 688. The van der Waals surface area contributed by atoms with Crippen molar-refractivity contribution in [1.82, 2.24) is 30.4 Å². The highest BCUT2D eigenvalue weighted by Crippen LogP contribution is 2.24. The molecule has 9 nitrogen and oxygen atoms in total. The second kappa shape index (κ2) is 8.79. The Morgan fingerprint density at radius 3 is 2.56 bits per heavy atom. The fraction of sp³-hybridized carbons (Fsp3) is 0.611. The number of piperazine rings is 1. The lowest BCUT2D eigenvalue weighted by atomic mass is 9.96. The molecule has 148 valence electrons. The fourth-order valence-corrected chi connectivity index (χ4v) is 3.50. The molecule has 0 aliphatic carbocycles. The maximum absolute atomic E-state index is 12.6. The van der Waals surface area contributed by atoms with Gasteiger partial charge in [-0.3, -0.25) is 19.6 Å². The standard InChI is InChI=1S/C18H29N7O2/c1-13(2)25-15(26)11-24(12-18(25,3)4)17(19-5)23-9-8-22-16(27)14-10-20-6-7-21-14/h6-7,10,13H,8-9,11-12H2,1-5H3,(H,19,23)(H,22,27). The minimum absolute atomic E-state index is 0.0835. The molecule has 0 saturated carbocycles. The van der Waals surface area contributed by atoms with E-state index in [1.165, 1.54) is 18.6 Å². The van der Waals surface area contributed by atoms with Gasteiger partial charge in [0.25, 0.3) is 5.91 Å². The average molecular weight is 375 g/mol. The predicted octanol–water partition coefficient (Wildman–Crippen LogP) is 0.113. The molecule has 2 rings (SSSR count). The molecule has 2 amide bonds. The molecule has 1 saturated heterocycles. The zero-order valence-electron chi connectivity index (χ0n) is 16.7. The third kappa shape index (κ3) is 5.15. The number of guanidine groups is 1. The van der Waals surface area contributed by atoms with Crippen molar-refractivity contribution in [1.29, 1.82) is 0 Å². The van der Waals surface area contributed by atoms with E-state index >= 15 is 0 Å². The number of rotatable bonds is 5. The molecule has 0 spiro atoms. The summed E-state index contributed by atoms with van der Waals surface area (Å²) in [5, 5.41) is 5.98. The second-order valence-electron chi connectivity index (χ2n) is 7.35. The van der Waals surface area contributed by atoms with Gasteiger partial charge in [0, 0.05) is 45.1 Å². The first kappa shape index (κ1) is 20.6. The highest BCUT2D eigenvalue weighted by atomic mass is 16.2. The molecule has 1 aromatic rings. The Morgan fingerprint density at radius 1 is 1.30 bits per heavy atom. The minimum atomic E-state index is -0.290. The van der Waals surface area contributed by atoms with Crippen molar-refractivity contribution < 1.29 is 9.59 Å². The van der Waals surface area contributed by atoms with Crippen molar-refractivity contribution in [3.05, 3.63) is 24.3 Å². The number of carbonyl (C=O) groups excluding carboxylic acids is 2. The Kier molecular flexibility index (Phi) is 6.70. The van der Waals surface area contributed by atoms with E-state index in [1.807, 2.05) is 23.6 Å². The van der Waals surface area contributed by atoms with Crippen LogP contribution in [0.5, 0.6) is 0 Å². The van der Waals surface area contributed by atoms with E-state index in [2.05, 4.69) is 39.4 Å². The van der Waals surface area contributed by atoms with Gasteiger partial charge >= 0.3 is 0 Å². The topological polar surface area (TPSA) is 103 Å². The quantitative estimate of drug-likeness (QED) is 0.430. The lowest BCUT2D eigenvalue weighted by Crippen LogP contribution is -2.66. The molecular formula is C18H29N7O2. The van der Waals surface area contributed by atoms with E-state index in [-0.39, 0.29) is 35.6 Å². The second-order valence-corrected chi connectivity index (χ2v) is 7.35. The van der Waals surface area contributed by atoms with Gasteiger partial charge in [0.15, 0.2) is 5.96 Å². The Balaban J connectivity index is 1.87. The average Bonchev–Trinajstić information content (AvgIpc) is 2.60. The van der Waals surface area contributed by atoms with Gasteiger partial charge in [0.2, 0.25) is 5.91 Å². The van der Waals surface area contributed by atoms with Crippen LogP contribution in [0.25, 0.3) is 0 Å². The molecule has 2 N–H and O–H groups in total. The van der Waals surface area contributed by atoms with E-state index in [9.17, 15) is 9.59 Å². The third-order valence-corrected chi connectivity index (χ3v) is 4.34. The number of nitrogens with one attached hydrogen (secondary N) is 2. The van der Waals surface area contributed by atoms with Crippen LogP contribution in [0, 0.1) is 0 Å². The maximum atomic E-state index is 12.6. The number of aliphatic imine (C=N–C) groups is 1. The lowest BCUT2D eigenvalue weighted by molar-refractivity contribution is -0.145. The van der Waals surface area contributed by atoms with Gasteiger partial charge in [-0.2, -0.15) is 0 Å². The van der Waals surface area contributed by atoms with Crippen LogP contribution in [0.15, 0.2) is 23.6 Å². The van der Waals surface area contributed by atoms with Crippen molar-refractivity contribution in [2.24, 2.45) is 4.99 Å². The molecule has 0 bridgehead atoms. The summed E-state index contributed by atoms with van der Waals surface area (Å²) in [6.45, 7) is 10.0. The first-order valence-electron chi connectivity index (χ1n) is 9.08. The molecule has 1 aliphatic rings. The van der Waals surface area contributed by atoms with Crippen molar-refractivity contribution in [2.75, 3.05) is 33.2 Å². The molecule has 0 atom stereocenters. The Morgan fingerprint density at radius 2 is 2.00 bits per heavy atom. The van der Waals surface area contributed by atoms with Crippen LogP contribution in [-0.2, 0) is 4.79 Å². The summed E-state index contributed by atoms with van der Waals surface area (Å²) >= 11 is 0. The fourth-order valence-electron chi connectivity index (χ4n) is 3.50. The van der Waals surface area contributed by atoms with Crippen LogP contribution in [0.3, 0.4) is 0 Å². The minimum Gasteiger partial charge on any atom is -0.354 e. The van der Waals surface area contributed by atoms with Crippen LogP contribution in [0.1, 0.15) is 38.2 Å².